The number of nitrogens with zero attached hydrogens (tertiary/aromatic N) is 7. The van der Waals surface area contributed by atoms with Crippen molar-refractivity contribution in [2.24, 2.45) is 0 Å². The van der Waals surface area contributed by atoms with Crippen LogP contribution in [0.25, 0.3) is 22.9 Å². The molecule has 4 rings (SSSR count). The highest BCUT2D eigenvalue weighted by atomic mass is 35.5. The average Bonchev–Trinajstić information content (AvgIpc) is 3.27. The zero-order chi connectivity index (χ0) is 16.4. The summed E-state index contributed by atoms with van der Waals surface area (Å²) in [6.45, 7) is 0.223. The van der Waals surface area contributed by atoms with Gasteiger partial charge in [-0.15, -0.1) is 10.2 Å². The summed E-state index contributed by atoms with van der Waals surface area (Å²) in [6.07, 6.45) is 1.67. The quantitative estimate of drug-likeness (QED) is 0.563. The molecule has 9 heteroatoms. The summed E-state index contributed by atoms with van der Waals surface area (Å²) in [6, 6.07) is 12.7. The van der Waals surface area contributed by atoms with E-state index in [1.165, 1.54) is 4.80 Å². The fraction of sp³-hybridized carbons (Fsp3) is 0.0667. The Morgan fingerprint density at radius 1 is 1.04 bits per heavy atom. The Kier molecular flexibility index (Phi) is 3.72. The first-order chi connectivity index (χ1) is 11.8. The van der Waals surface area contributed by atoms with Crippen molar-refractivity contribution >= 4 is 11.6 Å². The summed E-state index contributed by atoms with van der Waals surface area (Å²) in [5.41, 5.74) is 1.46. The van der Waals surface area contributed by atoms with E-state index in [-0.39, 0.29) is 6.54 Å². The van der Waals surface area contributed by atoms with Crippen LogP contribution < -0.4 is 0 Å². The third-order valence-corrected chi connectivity index (χ3v) is 3.45. The largest absolute Gasteiger partial charge is 0.337 e. The highest BCUT2D eigenvalue weighted by molar-refractivity contribution is 6.30. The highest BCUT2D eigenvalue weighted by Gasteiger charge is 2.12. The lowest BCUT2D eigenvalue weighted by molar-refractivity contribution is 0.356. The van der Waals surface area contributed by atoms with Crippen LogP contribution in [-0.2, 0) is 6.54 Å². The smallest absolute Gasteiger partial charge is 0.250 e. The van der Waals surface area contributed by atoms with Crippen molar-refractivity contribution in [3.8, 4) is 22.9 Å². The molecule has 0 aliphatic carbocycles. The minimum absolute atomic E-state index is 0.223. The number of benzene rings is 1. The first-order valence-electron chi connectivity index (χ1n) is 7.06. The number of hydrogen-bond acceptors (Lipinski definition) is 7. The molecule has 0 aliphatic rings. The van der Waals surface area contributed by atoms with Gasteiger partial charge >= 0.3 is 0 Å². The van der Waals surface area contributed by atoms with E-state index < -0.39 is 0 Å². The van der Waals surface area contributed by atoms with Crippen LogP contribution in [-0.4, -0.2) is 35.3 Å². The molecule has 0 radical (unpaired) electrons. The van der Waals surface area contributed by atoms with Crippen molar-refractivity contribution in [3.05, 3.63) is 59.6 Å². The Balaban J connectivity index is 1.52. The molecular weight excluding hydrogens is 330 g/mol. The zero-order valence-corrected chi connectivity index (χ0v) is 13.0. The van der Waals surface area contributed by atoms with Crippen LogP contribution in [0.1, 0.15) is 5.89 Å². The molecule has 0 saturated carbocycles. The van der Waals surface area contributed by atoms with Crippen LogP contribution in [0.15, 0.2) is 53.2 Å². The molecule has 0 bridgehead atoms. The first-order valence-corrected chi connectivity index (χ1v) is 7.43. The van der Waals surface area contributed by atoms with Gasteiger partial charge in [0.2, 0.25) is 11.6 Å². The average molecular weight is 340 g/mol. The fourth-order valence-corrected chi connectivity index (χ4v) is 2.19. The fourth-order valence-electron chi connectivity index (χ4n) is 2.06. The standard InChI is InChI=1S/C15H10ClN7O/c16-11-6-4-10(5-7-11)14-19-22-23(20-14)9-13-18-15(21-24-13)12-3-1-2-8-17-12/h1-8H,9H2. The van der Waals surface area contributed by atoms with Crippen molar-refractivity contribution in [2.45, 2.75) is 6.54 Å². The van der Waals surface area contributed by atoms with E-state index in [4.69, 9.17) is 16.1 Å². The molecule has 0 fully saturated rings. The van der Waals surface area contributed by atoms with Crippen molar-refractivity contribution in [2.75, 3.05) is 0 Å². The Morgan fingerprint density at radius 2 is 1.92 bits per heavy atom. The normalized spacial score (nSPS) is 10.9. The maximum Gasteiger partial charge on any atom is 0.250 e. The van der Waals surface area contributed by atoms with Crippen molar-refractivity contribution in [3.63, 3.8) is 0 Å². The van der Waals surface area contributed by atoms with E-state index in [1.54, 1.807) is 24.4 Å². The Hall–Kier alpha value is -3.13. The Labute approximate surface area is 141 Å². The van der Waals surface area contributed by atoms with Crippen molar-refractivity contribution in [1.29, 1.82) is 0 Å². The summed E-state index contributed by atoms with van der Waals surface area (Å²) in [5.74, 6) is 1.29. The van der Waals surface area contributed by atoms with Gasteiger partial charge in [0.1, 0.15) is 12.2 Å². The van der Waals surface area contributed by atoms with Gasteiger partial charge in [0, 0.05) is 16.8 Å². The van der Waals surface area contributed by atoms with Gasteiger partial charge in [0.05, 0.1) is 0 Å². The van der Waals surface area contributed by atoms with Gasteiger partial charge in [-0.05, 0) is 41.6 Å². The second-order valence-corrected chi connectivity index (χ2v) is 5.31. The van der Waals surface area contributed by atoms with Crippen LogP contribution in [0.4, 0.5) is 0 Å². The number of tetrazole rings is 1. The minimum Gasteiger partial charge on any atom is -0.337 e. The highest BCUT2D eigenvalue weighted by Crippen LogP contribution is 2.17. The molecule has 24 heavy (non-hydrogen) atoms. The summed E-state index contributed by atoms with van der Waals surface area (Å²) in [5, 5.41) is 16.9. The molecule has 0 unspecified atom stereocenters. The molecule has 1 aromatic carbocycles. The number of rotatable bonds is 4. The van der Waals surface area contributed by atoms with Crippen molar-refractivity contribution in [1.82, 2.24) is 35.3 Å². The zero-order valence-electron chi connectivity index (χ0n) is 12.2. The Bertz CT molecular complexity index is 949. The number of pyridine rings is 1. The van der Waals surface area contributed by atoms with E-state index >= 15 is 0 Å². The van der Waals surface area contributed by atoms with Crippen LogP contribution in [0, 0.1) is 0 Å². The minimum atomic E-state index is 0.223. The molecular formula is C15H10ClN7O. The maximum absolute atomic E-state index is 5.87. The molecule has 0 saturated heterocycles. The molecule has 3 heterocycles. The van der Waals surface area contributed by atoms with Gasteiger partial charge < -0.3 is 4.52 Å². The summed E-state index contributed by atoms with van der Waals surface area (Å²) >= 11 is 5.87. The molecule has 0 amide bonds. The van der Waals surface area contributed by atoms with Gasteiger partial charge in [0.15, 0.2) is 0 Å². The molecule has 4 aromatic rings. The van der Waals surface area contributed by atoms with Gasteiger partial charge in [-0.3, -0.25) is 4.98 Å². The van der Waals surface area contributed by atoms with E-state index in [9.17, 15) is 0 Å². The summed E-state index contributed by atoms with van der Waals surface area (Å²) < 4.78 is 5.21. The summed E-state index contributed by atoms with van der Waals surface area (Å²) in [4.78, 5) is 9.85. The lowest BCUT2D eigenvalue weighted by Gasteiger charge is -1.94. The number of hydrogen-bond donors (Lipinski definition) is 0. The molecule has 0 N–H and O–H groups in total. The third-order valence-electron chi connectivity index (χ3n) is 3.19. The molecule has 3 aromatic heterocycles. The predicted molar refractivity (Wildman–Crippen MR) is 84.9 cm³/mol. The van der Waals surface area contributed by atoms with Crippen molar-refractivity contribution < 1.29 is 4.52 Å². The molecule has 0 aliphatic heterocycles. The van der Waals surface area contributed by atoms with E-state index in [0.717, 1.165) is 5.56 Å². The second kappa shape index (κ2) is 6.17. The van der Waals surface area contributed by atoms with Gasteiger partial charge in [-0.25, -0.2) is 0 Å². The first kappa shape index (κ1) is 14.5. The Morgan fingerprint density at radius 3 is 2.71 bits per heavy atom. The van der Waals surface area contributed by atoms with Crippen LogP contribution in [0.2, 0.25) is 5.02 Å². The van der Waals surface area contributed by atoms with Gasteiger partial charge in [-0.2, -0.15) is 9.78 Å². The van der Waals surface area contributed by atoms with Crippen LogP contribution >= 0.6 is 11.6 Å². The topological polar surface area (TPSA) is 95.4 Å². The van der Waals surface area contributed by atoms with E-state index in [0.29, 0.717) is 28.3 Å². The summed E-state index contributed by atoms with van der Waals surface area (Å²) in [7, 11) is 0. The SMILES string of the molecule is Clc1ccc(-c2nnn(Cc3nc(-c4ccccn4)no3)n2)cc1. The van der Waals surface area contributed by atoms with E-state index in [2.05, 4.69) is 30.5 Å². The maximum atomic E-state index is 5.87. The van der Waals surface area contributed by atoms with Gasteiger partial charge in [-0.1, -0.05) is 22.8 Å². The number of aromatic nitrogens is 7. The monoisotopic (exact) mass is 339 g/mol. The third kappa shape index (κ3) is 2.99. The predicted octanol–water partition coefficient (Wildman–Crippen LogP) is 2.49. The lowest BCUT2D eigenvalue weighted by atomic mass is 10.2. The molecule has 0 atom stereocenters. The van der Waals surface area contributed by atoms with Gasteiger partial charge in [0.25, 0.3) is 5.89 Å². The lowest BCUT2D eigenvalue weighted by Crippen LogP contribution is -2.04. The number of halogens is 1. The molecule has 8 nitrogen and oxygen atoms in total. The molecule has 118 valence electrons. The van der Waals surface area contributed by atoms with E-state index in [1.807, 2.05) is 24.3 Å². The van der Waals surface area contributed by atoms with Crippen LogP contribution in [0.3, 0.4) is 0 Å². The molecule has 0 spiro atoms. The van der Waals surface area contributed by atoms with Crippen LogP contribution in [0.5, 0.6) is 0 Å². The second-order valence-electron chi connectivity index (χ2n) is 4.88.